The topological polar surface area (TPSA) is 61.4 Å². The fraction of sp³-hybridized carbons (Fsp3) is 0.455. The third-order valence-corrected chi connectivity index (χ3v) is 4.64. The summed E-state index contributed by atoms with van der Waals surface area (Å²) in [6.45, 7) is 0.936. The third kappa shape index (κ3) is 4.65. The molecule has 9 heteroatoms. The first-order valence-electron chi connectivity index (χ1n) is 5.81. The third-order valence-electron chi connectivity index (χ3n) is 2.55. The van der Waals surface area contributed by atoms with E-state index in [0.29, 0.717) is 19.0 Å². The molecule has 2 N–H and O–H groups in total. The van der Waals surface area contributed by atoms with E-state index in [4.69, 9.17) is 0 Å². The first-order valence-corrected chi connectivity index (χ1v) is 8.04. The van der Waals surface area contributed by atoms with E-state index in [1.165, 1.54) is 7.05 Å². The second-order valence-corrected chi connectivity index (χ2v) is 6.76. The van der Waals surface area contributed by atoms with E-state index in [-0.39, 0.29) is 16.7 Å². The molecule has 1 aromatic carbocycles. The summed E-state index contributed by atoms with van der Waals surface area (Å²) in [4.78, 5) is 0. The van der Waals surface area contributed by atoms with Gasteiger partial charge in [0.25, 0.3) is 0 Å². The zero-order valence-electron chi connectivity index (χ0n) is 11.1. The minimum Gasteiger partial charge on any atom is -0.320 e. The minimum atomic E-state index is -3.89. The SMILES string of the molecule is CNCCCN(C)S(=O)(=O)Nc1c(F)cc(F)cc1Br. The van der Waals surface area contributed by atoms with Crippen molar-refractivity contribution in [3.8, 4) is 0 Å². The summed E-state index contributed by atoms with van der Waals surface area (Å²) in [5.74, 6) is -1.77. The van der Waals surface area contributed by atoms with Crippen LogP contribution in [0.3, 0.4) is 0 Å². The summed E-state index contributed by atoms with van der Waals surface area (Å²) in [6.07, 6.45) is 0.612. The lowest BCUT2D eigenvalue weighted by Gasteiger charge is -2.19. The summed E-state index contributed by atoms with van der Waals surface area (Å²) < 4.78 is 53.7. The van der Waals surface area contributed by atoms with Gasteiger partial charge in [0.05, 0.1) is 5.69 Å². The van der Waals surface area contributed by atoms with Gasteiger partial charge < -0.3 is 5.32 Å². The summed E-state index contributed by atoms with van der Waals surface area (Å²) in [5.41, 5.74) is -0.313. The van der Waals surface area contributed by atoms with Crippen LogP contribution in [0.1, 0.15) is 6.42 Å². The Balaban J connectivity index is 2.86. The molecule has 1 aromatic rings. The van der Waals surface area contributed by atoms with Crippen molar-refractivity contribution in [2.24, 2.45) is 0 Å². The fourth-order valence-corrected chi connectivity index (χ4v) is 3.07. The second kappa shape index (κ2) is 7.30. The van der Waals surface area contributed by atoms with Crippen LogP contribution in [0.4, 0.5) is 14.5 Å². The van der Waals surface area contributed by atoms with E-state index < -0.39 is 21.8 Å². The zero-order valence-corrected chi connectivity index (χ0v) is 13.5. The minimum absolute atomic E-state index is 0.00204. The number of hydrogen-bond donors (Lipinski definition) is 2. The van der Waals surface area contributed by atoms with Crippen LogP contribution >= 0.6 is 15.9 Å². The molecule has 0 bridgehead atoms. The predicted octanol–water partition coefficient (Wildman–Crippen LogP) is 1.93. The highest BCUT2D eigenvalue weighted by molar-refractivity contribution is 9.10. The molecule has 1 rings (SSSR count). The molecule has 0 saturated carbocycles. The Bertz CT molecular complexity index is 546. The Morgan fingerprint density at radius 2 is 2.00 bits per heavy atom. The van der Waals surface area contributed by atoms with Crippen LogP contribution in [0.15, 0.2) is 16.6 Å². The lowest BCUT2D eigenvalue weighted by atomic mass is 10.3. The Morgan fingerprint density at radius 1 is 1.35 bits per heavy atom. The van der Waals surface area contributed by atoms with Crippen molar-refractivity contribution in [3.05, 3.63) is 28.2 Å². The van der Waals surface area contributed by atoms with Crippen LogP contribution in [0.5, 0.6) is 0 Å². The van der Waals surface area contributed by atoms with Gasteiger partial charge in [0.2, 0.25) is 0 Å². The Hall–Kier alpha value is -0.770. The van der Waals surface area contributed by atoms with Crippen molar-refractivity contribution in [1.82, 2.24) is 9.62 Å². The largest absolute Gasteiger partial charge is 0.320 e. The number of nitrogens with zero attached hydrogens (tertiary/aromatic N) is 1. The molecular formula is C11H16BrF2N3O2S. The summed E-state index contributed by atoms with van der Waals surface area (Å²) >= 11 is 2.93. The van der Waals surface area contributed by atoms with Crippen molar-refractivity contribution < 1.29 is 17.2 Å². The molecule has 0 fully saturated rings. The van der Waals surface area contributed by atoms with Crippen molar-refractivity contribution >= 4 is 31.8 Å². The molecule has 0 radical (unpaired) electrons. The molecule has 0 amide bonds. The number of halogens is 3. The maximum atomic E-state index is 13.6. The fourth-order valence-electron chi connectivity index (χ4n) is 1.45. The van der Waals surface area contributed by atoms with Gasteiger partial charge in [0.1, 0.15) is 5.82 Å². The zero-order chi connectivity index (χ0) is 15.3. The molecule has 0 aliphatic heterocycles. The smallest absolute Gasteiger partial charge is 0.301 e. The monoisotopic (exact) mass is 371 g/mol. The van der Waals surface area contributed by atoms with Gasteiger partial charge in [-0.25, -0.2) is 8.78 Å². The quantitative estimate of drug-likeness (QED) is 0.719. The normalized spacial score (nSPS) is 11.9. The average molecular weight is 372 g/mol. The van der Waals surface area contributed by atoms with Crippen LogP contribution in [0.2, 0.25) is 0 Å². The van der Waals surface area contributed by atoms with Gasteiger partial charge in [0, 0.05) is 24.1 Å². The van der Waals surface area contributed by atoms with Crippen molar-refractivity contribution in [2.75, 3.05) is 31.9 Å². The summed E-state index contributed by atoms with van der Waals surface area (Å²) in [7, 11) is -0.745. The van der Waals surface area contributed by atoms with E-state index in [1.54, 1.807) is 7.05 Å². The molecule has 0 unspecified atom stereocenters. The van der Waals surface area contributed by atoms with Crippen molar-refractivity contribution in [3.63, 3.8) is 0 Å². The maximum Gasteiger partial charge on any atom is 0.301 e. The highest BCUT2D eigenvalue weighted by Crippen LogP contribution is 2.28. The van der Waals surface area contributed by atoms with Gasteiger partial charge in [-0.15, -0.1) is 0 Å². The van der Waals surface area contributed by atoms with Gasteiger partial charge >= 0.3 is 10.2 Å². The van der Waals surface area contributed by atoms with Gasteiger partial charge in [-0.05, 0) is 42.0 Å². The van der Waals surface area contributed by atoms with Gasteiger partial charge in [-0.1, -0.05) is 0 Å². The van der Waals surface area contributed by atoms with E-state index in [9.17, 15) is 17.2 Å². The maximum absolute atomic E-state index is 13.6. The molecule has 20 heavy (non-hydrogen) atoms. The van der Waals surface area contributed by atoms with E-state index in [0.717, 1.165) is 10.4 Å². The van der Waals surface area contributed by atoms with E-state index in [1.807, 2.05) is 0 Å². The number of anilines is 1. The molecular weight excluding hydrogens is 356 g/mol. The molecule has 0 atom stereocenters. The highest BCUT2D eigenvalue weighted by Gasteiger charge is 2.21. The predicted molar refractivity (Wildman–Crippen MR) is 77.8 cm³/mol. The molecule has 0 aliphatic rings. The lowest BCUT2D eigenvalue weighted by Crippen LogP contribution is -2.34. The number of rotatable bonds is 7. The number of benzene rings is 1. The number of nitrogens with one attached hydrogen (secondary N) is 2. The summed E-state index contributed by atoms with van der Waals surface area (Å²) in [6, 6.07) is 1.60. The Labute approximate surface area is 125 Å². The highest BCUT2D eigenvalue weighted by atomic mass is 79.9. The Morgan fingerprint density at radius 3 is 2.55 bits per heavy atom. The van der Waals surface area contributed by atoms with Crippen LogP contribution in [0.25, 0.3) is 0 Å². The second-order valence-electron chi connectivity index (χ2n) is 4.13. The van der Waals surface area contributed by atoms with Gasteiger partial charge in [0.15, 0.2) is 5.82 Å². The van der Waals surface area contributed by atoms with Gasteiger partial charge in [-0.2, -0.15) is 12.7 Å². The standard InChI is InChI=1S/C11H16BrF2N3O2S/c1-15-4-3-5-17(2)20(18,19)16-11-9(12)6-8(13)7-10(11)14/h6-7,15-16H,3-5H2,1-2H3. The summed E-state index contributed by atoms with van der Waals surface area (Å²) in [5, 5.41) is 2.90. The van der Waals surface area contributed by atoms with E-state index >= 15 is 0 Å². The van der Waals surface area contributed by atoms with E-state index in [2.05, 4.69) is 26.0 Å². The van der Waals surface area contributed by atoms with Crippen molar-refractivity contribution in [2.45, 2.75) is 6.42 Å². The van der Waals surface area contributed by atoms with Crippen molar-refractivity contribution in [1.29, 1.82) is 0 Å². The molecule has 5 nitrogen and oxygen atoms in total. The molecule has 0 aromatic heterocycles. The first kappa shape index (κ1) is 17.3. The Kier molecular flexibility index (Phi) is 6.31. The molecule has 114 valence electrons. The molecule has 0 aliphatic carbocycles. The van der Waals surface area contributed by atoms with Gasteiger partial charge in [-0.3, -0.25) is 4.72 Å². The molecule has 0 heterocycles. The van der Waals surface area contributed by atoms with Crippen LogP contribution in [-0.2, 0) is 10.2 Å². The average Bonchev–Trinajstić information content (AvgIpc) is 2.34. The molecule has 0 saturated heterocycles. The number of hydrogen-bond acceptors (Lipinski definition) is 3. The molecule has 0 spiro atoms. The lowest BCUT2D eigenvalue weighted by molar-refractivity contribution is 0.462. The first-order chi connectivity index (χ1) is 9.27. The van der Waals surface area contributed by atoms with Crippen LogP contribution in [0, 0.1) is 11.6 Å². The van der Waals surface area contributed by atoms with Crippen LogP contribution < -0.4 is 10.0 Å². The van der Waals surface area contributed by atoms with Crippen LogP contribution in [-0.4, -0.2) is 39.9 Å².